The fourth-order valence-corrected chi connectivity index (χ4v) is 3.44. The Morgan fingerprint density at radius 2 is 1.97 bits per heavy atom. The summed E-state index contributed by atoms with van der Waals surface area (Å²) in [6.07, 6.45) is -0.186. The summed E-state index contributed by atoms with van der Waals surface area (Å²) < 4.78 is 46.4. The van der Waals surface area contributed by atoms with Crippen LogP contribution in [0.3, 0.4) is 0 Å². The minimum absolute atomic E-state index is 0.0275. The third-order valence-corrected chi connectivity index (χ3v) is 5.47. The van der Waals surface area contributed by atoms with E-state index in [2.05, 4.69) is 26.0 Å². The number of nitrogens with one attached hydrogen (secondary N) is 3. The highest BCUT2D eigenvalue weighted by Crippen LogP contribution is 2.38. The van der Waals surface area contributed by atoms with E-state index in [4.69, 9.17) is 16.3 Å². The van der Waals surface area contributed by atoms with Crippen LogP contribution in [0.15, 0.2) is 48.9 Å². The molecular weight excluding hydrogens is 489 g/mol. The van der Waals surface area contributed by atoms with Crippen molar-refractivity contribution in [1.29, 1.82) is 0 Å². The molecule has 2 aromatic heterocycles. The van der Waals surface area contributed by atoms with Crippen molar-refractivity contribution in [2.24, 2.45) is 7.05 Å². The molecule has 0 spiro atoms. The van der Waals surface area contributed by atoms with Crippen LogP contribution in [0, 0.1) is 0 Å². The van der Waals surface area contributed by atoms with Gasteiger partial charge in [0.1, 0.15) is 5.54 Å². The van der Waals surface area contributed by atoms with E-state index in [1.54, 1.807) is 19.2 Å². The third kappa shape index (κ3) is 6.01. The Balaban J connectivity index is 1.32. The van der Waals surface area contributed by atoms with Crippen molar-refractivity contribution in [3.8, 4) is 5.75 Å². The van der Waals surface area contributed by atoms with Gasteiger partial charge in [-0.25, -0.2) is 4.79 Å². The highest BCUT2D eigenvalue weighted by molar-refractivity contribution is 6.30. The fraction of sp³-hybridized carbons (Fsp3) is 0.273. The summed E-state index contributed by atoms with van der Waals surface area (Å²) >= 11 is 5.70. The largest absolute Gasteiger partial charge is 0.418 e. The van der Waals surface area contributed by atoms with Gasteiger partial charge in [0.25, 0.3) is 0 Å². The standard InChI is InChI=1S/C22H20ClF3N6O3/c1-32-12-16(11-29-32)35-20(34)31-21(6-7-21)19(33)28-9-14-3-4-15(10-27-14)30-18-5-2-13(23)8-17(18)22(24,25)26/h2-5,8,10-12,30H,6-7,9H2,1H3,(H,28,33)(H,31,34). The average molecular weight is 509 g/mol. The zero-order chi connectivity index (χ0) is 25.2. The Bertz CT molecular complexity index is 1240. The van der Waals surface area contributed by atoms with Gasteiger partial charge in [-0.3, -0.25) is 14.5 Å². The Kier molecular flexibility index (Phi) is 6.57. The first-order chi connectivity index (χ1) is 16.5. The topological polar surface area (TPSA) is 110 Å². The van der Waals surface area contributed by atoms with Crippen molar-refractivity contribution in [1.82, 2.24) is 25.4 Å². The summed E-state index contributed by atoms with van der Waals surface area (Å²) in [7, 11) is 1.68. The first kappa shape index (κ1) is 24.3. The van der Waals surface area contributed by atoms with Gasteiger partial charge in [-0.2, -0.15) is 18.3 Å². The highest BCUT2D eigenvalue weighted by atomic mass is 35.5. The van der Waals surface area contributed by atoms with Crippen LogP contribution in [-0.4, -0.2) is 32.3 Å². The van der Waals surface area contributed by atoms with Gasteiger partial charge in [0.05, 0.1) is 47.8 Å². The maximum atomic E-state index is 13.3. The number of aryl methyl sites for hydroxylation is 1. The predicted molar refractivity (Wildman–Crippen MR) is 120 cm³/mol. The van der Waals surface area contributed by atoms with Gasteiger partial charge in [0.15, 0.2) is 5.75 Å². The number of anilines is 2. The lowest BCUT2D eigenvalue weighted by Gasteiger charge is -2.17. The number of amides is 2. The minimum Gasteiger partial charge on any atom is -0.407 e. The van der Waals surface area contributed by atoms with Crippen molar-refractivity contribution in [3.63, 3.8) is 0 Å². The molecule has 0 bridgehead atoms. The van der Waals surface area contributed by atoms with Gasteiger partial charge in [0, 0.05) is 12.1 Å². The van der Waals surface area contributed by atoms with Gasteiger partial charge in [-0.15, -0.1) is 0 Å². The minimum atomic E-state index is -4.58. The molecule has 9 nitrogen and oxygen atoms in total. The number of aromatic nitrogens is 3. The number of hydrogen-bond donors (Lipinski definition) is 3. The van der Waals surface area contributed by atoms with E-state index in [0.717, 1.165) is 6.07 Å². The fourth-order valence-electron chi connectivity index (χ4n) is 3.27. The summed E-state index contributed by atoms with van der Waals surface area (Å²) in [6, 6.07) is 6.54. The first-order valence-corrected chi connectivity index (χ1v) is 10.8. The first-order valence-electron chi connectivity index (χ1n) is 10.4. The van der Waals surface area contributed by atoms with Crippen LogP contribution < -0.4 is 20.7 Å². The summed E-state index contributed by atoms with van der Waals surface area (Å²) in [5.41, 5.74) is -1.31. The molecule has 3 N–H and O–H groups in total. The van der Waals surface area contributed by atoms with Gasteiger partial charge >= 0.3 is 12.3 Å². The lowest BCUT2D eigenvalue weighted by atomic mass is 10.1. The second-order valence-electron chi connectivity index (χ2n) is 7.98. The van der Waals surface area contributed by atoms with Crippen molar-refractivity contribution >= 4 is 35.0 Å². The van der Waals surface area contributed by atoms with Crippen molar-refractivity contribution in [3.05, 3.63) is 65.2 Å². The quantitative estimate of drug-likeness (QED) is 0.442. The molecule has 1 aliphatic rings. The van der Waals surface area contributed by atoms with Crippen LogP contribution >= 0.6 is 11.6 Å². The highest BCUT2D eigenvalue weighted by Gasteiger charge is 2.51. The van der Waals surface area contributed by atoms with Crippen LogP contribution in [0.1, 0.15) is 24.1 Å². The van der Waals surface area contributed by atoms with Gasteiger partial charge in [-0.1, -0.05) is 11.6 Å². The van der Waals surface area contributed by atoms with E-state index >= 15 is 0 Å². The smallest absolute Gasteiger partial charge is 0.407 e. The Morgan fingerprint density at radius 3 is 2.57 bits per heavy atom. The van der Waals surface area contributed by atoms with E-state index in [1.165, 1.54) is 35.4 Å². The predicted octanol–water partition coefficient (Wildman–Crippen LogP) is 4.17. The van der Waals surface area contributed by atoms with E-state index in [0.29, 0.717) is 24.2 Å². The van der Waals surface area contributed by atoms with Crippen LogP contribution in [0.5, 0.6) is 5.75 Å². The molecule has 3 aromatic rings. The van der Waals surface area contributed by atoms with Gasteiger partial charge < -0.3 is 20.7 Å². The maximum Gasteiger partial charge on any atom is 0.418 e. The molecule has 1 fully saturated rings. The zero-order valence-electron chi connectivity index (χ0n) is 18.3. The summed E-state index contributed by atoms with van der Waals surface area (Å²) in [4.78, 5) is 28.9. The number of carbonyl (C=O) groups is 2. The molecule has 0 radical (unpaired) electrons. The lowest BCUT2D eigenvalue weighted by Crippen LogP contribution is -2.49. The molecule has 1 aromatic carbocycles. The van der Waals surface area contributed by atoms with Crippen LogP contribution in [0.25, 0.3) is 0 Å². The summed E-state index contributed by atoms with van der Waals surface area (Å²) in [6.45, 7) is 0.0644. The molecule has 0 unspecified atom stereocenters. The Morgan fingerprint density at radius 1 is 1.20 bits per heavy atom. The van der Waals surface area contributed by atoms with Crippen molar-refractivity contribution in [2.75, 3.05) is 5.32 Å². The lowest BCUT2D eigenvalue weighted by molar-refractivity contribution is -0.137. The van der Waals surface area contributed by atoms with E-state index < -0.39 is 23.4 Å². The molecular formula is C22H20ClF3N6O3. The molecule has 2 heterocycles. The van der Waals surface area contributed by atoms with E-state index in [9.17, 15) is 22.8 Å². The molecule has 13 heteroatoms. The second kappa shape index (κ2) is 9.45. The molecule has 0 aliphatic heterocycles. The van der Waals surface area contributed by atoms with Crippen LogP contribution in [0.4, 0.5) is 29.3 Å². The number of nitrogens with zero attached hydrogens (tertiary/aromatic N) is 3. The molecule has 1 aliphatic carbocycles. The number of benzene rings is 1. The number of ether oxygens (including phenoxy) is 1. The average Bonchev–Trinajstić information content (AvgIpc) is 3.46. The van der Waals surface area contributed by atoms with Crippen molar-refractivity contribution < 1.29 is 27.5 Å². The SMILES string of the molecule is Cn1cc(OC(=O)NC2(C(=O)NCc3ccc(Nc4ccc(Cl)cc4C(F)(F)F)cn3)CC2)cn1. The monoisotopic (exact) mass is 508 g/mol. The number of pyridine rings is 1. The Hall–Kier alpha value is -3.80. The Labute approximate surface area is 202 Å². The molecule has 184 valence electrons. The zero-order valence-corrected chi connectivity index (χ0v) is 19.1. The second-order valence-corrected chi connectivity index (χ2v) is 8.42. The van der Waals surface area contributed by atoms with E-state index in [-0.39, 0.29) is 28.9 Å². The number of rotatable bonds is 7. The number of hydrogen-bond acceptors (Lipinski definition) is 6. The van der Waals surface area contributed by atoms with Gasteiger partial charge in [-0.05, 0) is 43.2 Å². The molecule has 0 saturated heterocycles. The van der Waals surface area contributed by atoms with Crippen LogP contribution in [0.2, 0.25) is 5.02 Å². The molecule has 2 amide bonds. The molecule has 1 saturated carbocycles. The number of halogens is 4. The molecule has 0 atom stereocenters. The third-order valence-electron chi connectivity index (χ3n) is 5.24. The molecule has 4 rings (SSSR count). The van der Waals surface area contributed by atoms with E-state index in [1.807, 2.05) is 0 Å². The number of alkyl halides is 3. The van der Waals surface area contributed by atoms with Gasteiger partial charge in [0.2, 0.25) is 5.91 Å². The summed E-state index contributed by atoms with van der Waals surface area (Å²) in [5, 5.41) is 11.8. The molecule has 35 heavy (non-hydrogen) atoms. The summed E-state index contributed by atoms with van der Waals surface area (Å²) in [5.74, 6) is -0.138. The van der Waals surface area contributed by atoms with Crippen molar-refractivity contribution in [2.45, 2.75) is 31.1 Å². The maximum absolute atomic E-state index is 13.3. The number of carbonyl (C=O) groups excluding carboxylic acids is 2. The normalized spacial score (nSPS) is 14.2. The van der Waals surface area contributed by atoms with Crippen LogP contribution in [-0.2, 0) is 24.6 Å².